The number of esters is 1. The van der Waals surface area contributed by atoms with E-state index in [0.29, 0.717) is 82.8 Å². The zero-order valence-electron chi connectivity index (χ0n) is 45.2. The lowest BCUT2D eigenvalue weighted by molar-refractivity contribution is -0.265. The molecule has 17 heteroatoms. The van der Waals surface area contributed by atoms with Crippen LogP contribution in [-0.4, -0.2) is 140 Å². The minimum absolute atomic E-state index is 0.00646. The van der Waals surface area contributed by atoms with Crippen molar-refractivity contribution >= 4 is 36.8 Å². The predicted molar refractivity (Wildman–Crippen MR) is 274 cm³/mol. The second-order valence-electron chi connectivity index (χ2n) is 21.3. The fraction of sp³-hybridized carbons (Fsp3) is 0.764. The van der Waals surface area contributed by atoms with Crippen LogP contribution >= 0.6 is 7.60 Å². The highest BCUT2D eigenvalue weighted by molar-refractivity contribution is 7.53. The number of piperidine rings is 1. The summed E-state index contributed by atoms with van der Waals surface area (Å²) in [5, 5.41) is 23.5. The molecule has 4 rings (SSSR count). The zero-order valence-corrected chi connectivity index (χ0v) is 46.1. The first kappa shape index (κ1) is 61.4. The smallest absolute Gasteiger partial charge is 0.329 e. The molecule has 3 fully saturated rings. The maximum Gasteiger partial charge on any atom is 0.329 e. The quantitative estimate of drug-likeness (QED) is 0.0861. The second-order valence-corrected chi connectivity index (χ2v) is 23.3. The number of allylic oxidation sites excluding steroid dienone is 6. The first-order valence-electron chi connectivity index (χ1n) is 26.4. The van der Waals surface area contributed by atoms with Gasteiger partial charge in [-0.25, -0.2) is 4.79 Å². The molecule has 0 aromatic heterocycles. The Bertz CT molecular complexity index is 2000. The van der Waals surface area contributed by atoms with E-state index in [1.54, 1.807) is 41.1 Å². The molecule has 3 heterocycles. The lowest BCUT2D eigenvalue weighted by Gasteiger charge is -2.42. The zero-order chi connectivity index (χ0) is 53.5. The first-order valence-corrected chi connectivity index (χ1v) is 28.4. The Morgan fingerprint density at radius 3 is 2.26 bits per heavy atom. The number of Topliss-reactive ketones (excluding diaryl/α,β-unsaturated/α-hetero) is 3. The lowest BCUT2D eigenvalue weighted by Crippen LogP contribution is -2.61. The van der Waals surface area contributed by atoms with Gasteiger partial charge in [0.15, 0.2) is 5.78 Å². The molecule has 2 saturated heterocycles. The van der Waals surface area contributed by atoms with Crippen LogP contribution in [0, 0.1) is 35.5 Å². The SMILES string of the molecule is CCCOP(C)(=O)O[C@@H]1CC[C@@H](C[C@@H](C)[C@@H]2CC(=O)[C@H](C)/C=C(\C)[C@@H](O)[C@@H](OC)C(=O)[C@H](C)C[C@H](C)/C=C/C=C/C=C(\C)[C@@H](OC)C[C@@H]3CC[C@@H](C)C(O)(O3)C(=O)C(=O)N3CCCCC3C(=O)O2)C[C@H]1OC. The van der Waals surface area contributed by atoms with Gasteiger partial charge in [0.1, 0.15) is 30.1 Å². The molecule has 0 aromatic rings. The molecular weight excluding hydrogens is 946 g/mol. The number of amides is 1. The van der Waals surface area contributed by atoms with Gasteiger partial charge in [0.2, 0.25) is 5.79 Å². The summed E-state index contributed by atoms with van der Waals surface area (Å²) in [5.41, 5.74) is 1.25. The number of rotatable bonds is 11. The fourth-order valence-electron chi connectivity index (χ4n) is 10.8. The van der Waals surface area contributed by atoms with Crippen LogP contribution in [0.2, 0.25) is 0 Å². The molecule has 72 heavy (non-hydrogen) atoms. The van der Waals surface area contributed by atoms with Gasteiger partial charge in [0.25, 0.3) is 11.7 Å². The monoisotopic (exact) mass is 1030 g/mol. The van der Waals surface area contributed by atoms with Crippen LogP contribution in [0.1, 0.15) is 139 Å². The Balaban J connectivity index is 1.69. The van der Waals surface area contributed by atoms with Gasteiger partial charge in [-0.2, -0.15) is 0 Å². The molecule has 2 N–H and O–H groups in total. The van der Waals surface area contributed by atoms with Crippen molar-refractivity contribution in [3.63, 3.8) is 0 Å². The van der Waals surface area contributed by atoms with Crippen LogP contribution < -0.4 is 0 Å². The summed E-state index contributed by atoms with van der Waals surface area (Å²) in [4.78, 5) is 72.5. The fourth-order valence-corrected chi connectivity index (χ4v) is 12.1. The highest BCUT2D eigenvalue weighted by Gasteiger charge is 2.53. The summed E-state index contributed by atoms with van der Waals surface area (Å²) >= 11 is 0. The van der Waals surface area contributed by atoms with E-state index in [9.17, 15) is 38.8 Å². The van der Waals surface area contributed by atoms with E-state index in [-0.39, 0.29) is 42.8 Å². The normalized spacial score (nSPS) is 38.6. The number of carbonyl (C=O) groups is 5. The highest BCUT2D eigenvalue weighted by atomic mass is 31.2. The van der Waals surface area contributed by atoms with Crippen molar-refractivity contribution in [2.24, 2.45) is 35.5 Å². The average Bonchev–Trinajstić information content (AvgIpc) is 3.35. The maximum absolute atomic E-state index is 14.5. The Labute approximate surface area is 429 Å². The highest BCUT2D eigenvalue weighted by Crippen LogP contribution is 2.49. The molecule has 1 aliphatic carbocycles. The Morgan fingerprint density at radius 2 is 1.60 bits per heavy atom. The van der Waals surface area contributed by atoms with E-state index >= 15 is 0 Å². The van der Waals surface area contributed by atoms with Crippen LogP contribution in [-0.2, 0) is 61.3 Å². The summed E-state index contributed by atoms with van der Waals surface area (Å²) in [7, 11) is 1.20. The minimum Gasteiger partial charge on any atom is -0.460 e. The molecule has 0 radical (unpaired) electrons. The molecule has 16 nitrogen and oxygen atoms in total. The molecule has 0 aromatic carbocycles. The van der Waals surface area contributed by atoms with Gasteiger partial charge in [-0.15, -0.1) is 0 Å². The summed E-state index contributed by atoms with van der Waals surface area (Å²) < 4.78 is 54.4. The van der Waals surface area contributed by atoms with Crippen molar-refractivity contribution < 1.29 is 71.5 Å². The van der Waals surface area contributed by atoms with Crippen molar-refractivity contribution in [1.82, 2.24) is 4.90 Å². The van der Waals surface area contributed by atoms with Gasteiger partial charge in [-0.1, -0.05) is 78.0 Å². The molecule has 0 spiro atoms. The molecule has 3 aliphatic heterocycles. The third kappa shape index (κ3) is 16.9. The topological polar surface area (TPSA) is 211 Å². The van der Waals surface area contributed by atoms with Crippen molar-refractivity contribution in [1.29, 1.82) is 0 Å². The van der Waals surface area contributed by atoms with E-state index in [0.717, 1.165) is 5.57 Å². The van der Waals surface area contributed by atoms with Crippen molar-refractivity contribution in [3.05, 3.63) is 47.6 Å². The molecular formula is C55H88NO15P. The number of fused-ring (bicyclic) bond motifs is 3. The van der Waals surface area contributed by atoms with Crippen LogP contribution in [0.3, 0.4) is 0 Å². The van der Waals surface area contributed by atoms with E-state index in [1.807, 2.05) is 65.0 Å². The minimum atomic E-state index is -3.33. The number of cyclic esters (lactones) is 1. The van der Waals surface area contributed by atoms with Crippen LogP contribution in [0.4, 0.5) is 0 Å². The summed E-state index contributed by atoms with van der Waals surface area (Å²) in [6.07, 6.45) is 11.5. The number of hydrogen-bond donors (Lipinski definition) is 2. The standard InChI is InChI=1S/C55H88NO15P/c1-13-27-68-72(12,64)71-45-25-23-41(31-48(45)66-10)30-37(5)47-33-44(57)36(4)29-39(7)50(59)51(67-11)49(58)38(6)28-34(2)19-15-14-16-20-35(3)46(65-9)32-42-24-22-40(8)55(63,70-42)52(60)53(61)56-26-18-17-21-43(56)54(62)69-47/h14-16,19-20,29,34,36-38,40-43,45-48,50-51,59,63H,13,17-18,21-28,30-33H2,1-12H3/b16-14+,19-15+,35-20+,39-29+/t34-,36-,37-,38-,40-,41+,42+,43?,45-,46+,47+,48-,50-,51+,55?,72?/m1/s1. The summed E-state index contributed by atoms with van der Waals surface area (Å²) in [6, 6.07) is -1.17. The number of nitrogens with zero attached hydrogens (tertiary/aromatic N) is 1. The maximum atomic E-state index is 14.5. The van der Waals surface area contributed by atoms with Crippen molar-refractivity contribution in [2.75, 3.05) is 41.1 Å². The van der Waals surface area contributed by atoms with E-state index in [1.165, 1.54) is 18.7 Å². The molecule has 1 saturated carbocycles. The first-order chi connectivity index (χ1) is 34.0. The van der Waals surface area contributed by atoms with Gasteiger partial charge >= 0.3 is 13.6 Å². The van der Waals surface area contributed by atoms with Gasteiger partial charge in [-0.3, -0.25) is 23.7 Å². The van der Waals surface area contributed by atoms with E-state index in [2.05, 4.69) is 0 Å². The van der Waals surface area contributed by atoms with Crippen LogP contribution in [0.15, 0.2) is 47.6 Å². The molecule has 2 bridgehead atoms. The largest absolute Gasteiger partial charge is 0.460 e. The third-order valence-electron chi connectivity index (χ3n) is 15.3. The molecule has 3 unspecified atom stereocenters. The average molecular weight is 1030 g/mol. The molecule has 16 atom stereocenters. The van der Waals surface area contributed by atoms with Crippen LogP contribution in [0.25, 0.3) is 0 Å². The summed E-state index contributed by atoms with van der Waals surface area (Å²) in [5.74, 6) is -8.26. The molecule has 4 aliphatic rings. The van der Waals surface area contributed by atoms with E-state index in [4.69, 9.17) is 32.7 Å². The number of aliphatic hydroxyl groups excluding tert-OH is 1. The van der Waals surface area contributed by atoms with Crippen molar-refractivity contribution in [3.8, 4) is 0 Å². The number of methoxy groups -OCH3 is 3. The van der Waals surface area contributed by atoms with E-state index < -0.39 is 103 Å². The number of ether oxygens (including phenoxy) is 5. The van der Waals surface area contributed by atoms with Gasteiger partial charge in [0, 0.05) is 65.1 Å². The van der Waals surface area contributed by atoms with Gasteiger partial charge < -0.3 is 47.8 Å². The number of hydrogen-bond acceptors (Lipinski definition) is 15. The van der Waals surface area contributed by atoms with Gasteiger partial charge in [-0.05, 0) is 113 Å². The Morgan fingerprint density at radius 1 is 0.875 bits per heavy atom. The van der Waals surface area contributed by atoms with Crippen LogP contribution in [0.5, 0.6) is 0 Å². The summed E-state index contributed by atoms with van der Waals surface area (Å²) in [6.45, 7) is 16.4. The lowest BCUT2D eigenvalue weighted by atomic mass is 9.78. The second kappa shape index (κ2) is 28.6. The number of aliphatic hydroxyl groups is 2. The third-order valence-corrected chi connectivity index (χ3v) is 16.6. The predicted octanol–water partition coefficient (Wildman–Crippen LogP) is 8.45. The number of carbonyl (C=O) groups excluding carboxylic acids is 5. The number of ketones is 3. The van der Waals surface area contributed by atoms with Gasteiger partial charge in [0.05, 0.1) is 31.0 Å². The Hall–Kier alpha value is -3.18. The Kier molecular flexibility index (Phi) is 24.4. The molecule has 408 valence electrons. The van der Waals surface area contributed by atoms with Crippen molar-refractivity contribution in [2.45, 2.75) is 193 Å². The molecule has 1 amide bonds.